The first-order valence-electron chi connectivity index (χ1n) is 5.75. The lowest BCUT2D eigenvalue weighted by Gasteiger charge is -2.09. The maximum atomic E-state index is 11.7. The molecule has 0 aromatic heterocycles. The van der Waals surface area contributed by atoms with Gasteiger partial charge in [0.15, 0.2) is 0 Å². The standard InChI is InChI=1S/C13H17NO4S/c1-9-7-10(13(16)17)3-4-11(9)14-12(15)8-19-6-5-18-2/h3-4,7H,5-6,8H2,1-2H3,(H,14,15)(H,16,17). The van der Waals surface area contributed by atoms with Gasteiger partial charge in [0.1, 0.15) is 0 Å². The topological polar surface area (TPSA) is 75.6 Å². The van der Waals surface area contributed by atoms with Crippen molar-refractivity contribution in [2.75, 3.05) is 30.5 Å². The SMILES string of the molecule is COCCSCC(=O)Nc1ccc(C(=O)O)cc1C. The Balaban J connectivity index is 2.52. The highest BCUT2D eigenvalue weighted by molar-refractivity contribution is 7.99. The van der Waals surface area contributed by atoms with Crippen molar-refractivity contribution >= 4 is 29.3 Å². The molecular weight excluding hydrogens is 266 g/mol. The van der Waals surface area contributed by atoms with E-state index in [4.69, 9.17) is 9.84 Å². The van der Waals surface area contributed by atoms with Gasteiger partial charge in [0.05, 0.1) is 17.9 Å². The number of anilines is 1. The molecule has 5 nitrogen and oxygen atoms in total. The van der Waals surface area contributed by atoms with Gasteiger partial charge in [-0.3, -0.25) is 4.79 Å². The van der Waals surface area contributed by atoms with Crippen LogP contribution in [0, 0.1) is 6.92 Å². The second-order valence-corrected chi connectivity index (χ2v) is 5.03. The molecule has 0 bridgehead atoms. The van der Waals surface area contributed by atoms with Crippen LogP contribution in [0.5, 0.6) is 0 Å². The predicted molar refractivity (Wildman–Crippen MR) is 76.0 cm³/mol. The van der Waals surface area contributed by atoms with Crippen molar-refractivity contribution in [3.05, 3.63) is 29.3 Å². The van der Waals surface area contributed by atoms with E-state index in [2.05, 4.69) is 5.32 Å². The van der Waals surface area contributed by atoms with E-state index in [1.54, 1.807) is 20.1 Å². The first kappa shape index (κ1) is 15.5. The molecule has 1 rings (SSSR count). The highest BCUT2D eigenvalue weighted by Gasteiger charge is 2.08. The van der Waals surface area contributed by atoms with E-state index in [0.29, 0.717) is 18.0 Å². The third-order valence-corrected chi connectivity index (χ3v) is 3.33. The third-order valence-electron chi connectivity index (χ3n) is 2.41. The quantitative estimate of drug-likeness (QED) is 0.749. The van der Waals surface area contributed by atoms with E-state index in [-0.39, 0.29) is 11.5 Å². The van der Waals surface area contributed by atoms with Gasteiger partial charge in [0, 0.05) is 18.6 Å². The highest BCUT2D eigenvalue weighted by atomic mass is 32.2. The van der Waals surface area contributed by atoms with E-state index in [9.17, 15) is 9.59 Å². The minimum Gasteiger partial charge on any atom is -0.478 e. The molecular formula is C13H17NO4S. The Kier molecular flexibility index (Phi) is 6.38. The third kappa shape index (κ3) is 5.32. The first-order chi connectivity index (χ1) is 9.04. The molecule has 0 aliphatic rings. The van der Waals surface area contributed by atoms with Gasteiger partial charge in [-0.2, -0.15) is 0 Å². The summed E-state index contributed by atoms with van der Waals surface area (Å²) in [4.78, 5) is 22.4. The number of aryl methyl sites for hydroxylation is 1. The predicted octanol–water partition coefficient (Wildman–Crippen LogP) is 2.01. The Hall–Kier alpha value is -1.53. The van der Waals surface area contributed by atoms with Crippen molar-refractivity contribution in [1.29, 1.82) is 0 Å². The lowest BCUT2D eigenvalue weighted by atomic mass is 10.1. The average molecular weight is 283 g/mol. The molecule has 0 spiro atoms. The molecule has 0 radical (unpaired) electrons. The zero-order valence-corrected chi connectivity index (χ0v) is 11.8. The molecule has 2 N–H and O–H groups in total. The lowest BCUT2D eigenvalue weighted by molar-refractivity contribution is -0.113. The number of methoxy groups -OCH3 is 1. The van der Waals surface area contributed by atoms with E-state index in [1.165, 1.54) is 23.9 Å². The van der Waals surface area contributed by atoms with Crippen molar-refractivity contribution in [2.24, 2.45) is 0 Å². The van der Waals surface area contributed by atoms with Gasteiger partial charge < -0.3 is 15.2 Å². The number of carboxylic acids is 1. The number of benzene rings is 1. The molecule has 6 heteroatoms. The molecule has 0 saturated heterocycles. The number of ether oxygens (including phenoxy) is 1. The van der Waals surface area contributed by atoms with Gasteiger partial charge >= 0.3 is 5.97 Å². The number of carboxylic acid groups (broad SMARTS) is 1. The monoisotopic (exact) mass is 283 g/mol. The van der Waals surface area contributed by atoms with Crippen LogP contribution < -0.4 is 5.32 Å². The lowest BCUT2D eigenvalue weighted by Crippen LogP contribution is -2.15. The molecule has 0 saturated carbocycles. The Morgan fingerprint density at radius 1 is 1.42 bits per heavy atom. The van der Waals surface area contributed by atoms with Crippen molar-refractivity contribution in [3.63, 3.8) is 0 Å². The van der Waals surface area contributed by atoms with Crippen molar-refractivity contribution in [3.8, 4) is 0 Å². The molecule has 0 fully saturated rings. The summed E-state index contributed by atoms with van der Waals surface area (Å²) in [6, 6.07) is 4.62. The van der Waals surface area contributed by atoms with Crippen LogP contribution in [0.4, 0.5) is 5.69 Å². The van der Waals surface area contributed by atoms with Crippen LogP contribution in [0.2, 0.25) is 0 Å². The van der Waals surface area contributed by atoms with E-state index in [1.807, 2.05) is 0 Å². The second-order valence-electron chi connectivity index (χ2n) is 3.93. The fourth-order valence-electron chi connectivity index (χ4n) is 1.43. The Morgan fingerprint density at radius 2 is 2.16 bits per heavy atom. The van der Waals surface area contributed by atoms with Crippen LogP contribution in [0.3, 0.4) is 0 Å². The van der Waals surface area contributed by atoms with Gasteiger partial charge in [0.25, 0.3) is 0 Å². The molecule has 1 aromatic carbocycles. The zero-order valence-electron chi connectivity index (χ0n) is 10.9. The van der Waals surface area contributed by atoms with E-state index < -0.39 is 5.97 Å². The summed E-state index contributed by atoms with van der Waals surface area (Å²) in [7, 11) is 1.62. The fourth-order valence-corrected chi connectivity index (χ4v) is 2.12. The maximum absolute atomic E-state index is 11.7. The normalized spacial score (nSPS) is 10.2. The number of thioether (sulfide) groups is 1. The first-order valence-corrected chi connectivity index (χ1v) is 6.90. The number of nitrogens with one attached hydrogen (secondary N) is 1. The smallest absolute Gasteiger partial charge is 0.335 e. The van der Waals surface area contributed by atoms with Crippen molar-refractivity contribution < 1.29 is 19.4 Å². The largest absolute Gasteiger partial charge is 0.478 e. The van der Waals surface area contributed by atoms with Crippen LogP contribution in [-0.4, -0.2) is 42.2 Å². The van der Waals surface area contributed by atoms with Crippen LogP contribution in [-0.2, 0) is 9.53 Å². The van der Waals surface area contributed by atoms with Crippen LogP contribution in [0.25, 0.3) is 0 Å². The minimum absolute atomic E-state index is 0.104. The number of hydrogen-bond donors (Lipinski definition) is 2. The molecule has 19 heavy (non-hydrogen) atoms. The Labute approximate surface area is 116 Å². The summed E-state index contributed by atoms with van der Waals surface area (Å²) in [5.74, 6) is 0.0352. The summed E-state index contributed by atoms with van der Waals surface area (Å²) >= 11 is 1.49. The van der Waals surface area contributed by atoms with Gasteiger partial charge in [0.2, 0.25) is 5.91 Å². The molecule has 0 atom stereocenters. The van der Waals surface area contributed by atoms with Crippen LogP contribution >= 0.6 is 11.8 Å². The highest BCUT2D eigenvalue weighted by Crippen LogP contribution is 2.17. The van der Waals surface area contributed by atoms with Crippen LogP contribution in [0.15, 0.2) is 18.2 Å². The summed E-state index contributed by atoms with van der Waals surface area (Å²) < 4.78 is 4.89. The zero-order chi connectivity index (χ0) is 14.3. The molecule has 104 valence electrons. The maximum Gasteiger partial charge on any atom is 0.335 e. The molecule has 0 unspecified atom stereocenters. The molecule has 1 amide bonds. The number of rotatable bonds is 7. The number of carbonyl (C=O) groups is 2. The van der Waals surface area contributed by atoms with Crippen molar-refractivity contribution in [2.45, 2.75) is 6.92 Å². The summed E-state index contributed by atoms with van der Waals surface area (Å²) in [5, 5.41) is 11.6. The van der Waals surface area contributed by atoms with E-state index in [0.717, 1.165) is 11.3 Å². The molecule has 0 aliphatic heterocycles. The summed E-state index contributed by atoms with van der Waals surface area (Å²) in [6.07, 6.45) is 0. The van der Waals surface area contributed by atoms with Gasteiger partial charge in [-0.15, -0.1) is 11.8 Å². The van der Waals surface area contributed by atoms with Crippen molar-refractivity contribution in [1.82, 2.24) is 0 Å². The average Bonchev–Trinajstić information content (AvgIpc) is 2.37. The minimum atomic E-state index is -0.976. The fraction of sp³-hybridized carbons (Fsp3) is 0.385. The van der Waals surface area contributed by atoms with E-state index >= 15 is 0 Å². The second kappa shape index (κ2) is 7.81. The Morgan fingerprint density at radius 3 is 2.74 bits per heavy atom. The Bertz CT molecular complexity index is 462. The number of carbonyl (C=O) groups excluding carboxylic acids is 1. The molecule has 0 heterocycles. The van der Waals surface area contributed by atoms with Crippen LogP contribution in [0.1, 0.15) is 15.9 Å². The number of amides is 1. The number of aromatic carboxylic acids is 1. The molecule has 0 aliphatic carbocycles. The molecule has 1 aromatic rings. The van der Waals surface area contributed by atoms with Gasteiger partial charge in [-0.1, -0.05) is 0 Å². The summed E-state index contributed by atoms with van der Waals surface area (Å²) in [5.41, 5.74) is 1.59. The van der Waals surface area contributed by atoms with Gasteiger partial charge in [-0.25, -0.2) is 4.79 Å². The van der Waals surface area contributed by atoms with Gasteiger partial charge in [-0.05, 0) is 30.7 Å². The summed E-state index contributed by atoms with van der Waals surface area (Å²) in [6.45, 7) is 2.38. The number of hydrogen-bond acceptors (Lipinski definition) is 4.